The Hall–Kier alpha value is -0.800. The van der Waals surface area contributed by atoms with Crippen LogP contribution in [0.3, 0.4) is 0 Å². The van der Waals surface area contributed by atoms with Crippen molar-refractivity contribution in [1.29, 1.82) is 0 Å². The maximum atomic E-state index is 11.8. The molecule has 0 atom stereocenters. The number of rotatable bonds is 3. The van der Waals surface area contributed by atoms with E-state index in [1.807, 2.05) is 0 Å². The molecule has 98 valence electrons. The van der Waals surface area contributed by atoms with Crippen molar-refractivity contribution in [2.24, 2.45) is 5.92 Å². The van der Waals surface area contributed by atoms with Crippen LogP contribution in [0.4, 0.5) is 0 Å². The number of carbonyl (C=O) groups is 1. The predicted octanol–water partition coefficient (Wildman–Crippen LogP) is 4.01. The second-order valence-electron chi connectivity index (χ2n) is 4.51. The SMILES string of the molecule is O=C(OCc1nc(Cl)ccc1Cl)C1CCCCC1. The lowest BCUT2D eigenvalue weighted by molar-refractivity contribution is -0.151. The number of aromatic nitrogens is 1. The first-order valence-electron chi connectivity index (χ1n) is 6.14. The molecule has 2 rings (SSSR count). The number of hydrogen-bond donors (Lipinski definition) is 0. The van der Waals surface area contributed by atoms with E-state index in [4.69, 9.17) is 27.9 Å². The van der Waals surface area contributed by atoms with Crippen molar-refractivity contribution in [3.63, 3.8) is 0 Å². The van der Waals surface area contributed by atoms with Crippen LogP contribution in [-0.4, -0.2) is 11.0 Å². The van der Waals surface area contributed by atoms with E-state index < -0.39 is 0 Å². The van der Waals surface area contributed by atoms with E-state index >= 15 is 0 Å². The highest BCUT2D eigenvalue weighted by Crippen LogP contribution is 2.25. The number of halogens is 2. The minimum absolute atomic E-state index is 0.0386. The molecular weight excluding hydrogens is 273 g/mol. The van der Waals surface area contributed by atoms with Crippen LogP contribution in [0.5, 0.6) is 0 Å². The van der Waals surface area contributed by atoms with Crippen molar-refractivity contribution in [2.75, 3.05) is 0 Å². The Morgan fingerprint density at radius 3 is 2.72 bits per heavy atom. The van der Waals surface area contributed by atoms with Crippen LogP contribution >= 0.6 is 23.2 Å². The van der Waals surface area contributed by atoms with Crippen molar-refractivity contribution in [2.45, 2.75) is 38.7 Å². The molecule has 0 radical (unpaired) electrons. The number of nitrogens with zero attached hydrogens (tertiary/aromatic N) is 1. The van der Waals surface area contributed by atoms with Crippen LogP contribution in [0, 0.1) is 5.92 Å². The molecule has 1 aliphatic carbocycles. The molecule has 0 saturated heterocycles. The lowest BCUT2D eigenvalue weighted by atomic mass is 9.89. The van der Waals surface area contributed by atoms with Gasteiger partial charge in [-0.05, 0) is 25.0 Å². The fourth-order valence-corrected chi connectivity index (χ4v) is 2.48. The van der Waals surface area contributed by atoms with Gasteiger partial charge in [-0.25, -0.2) is 4.98 Å². The smallest absolute Gasteiger partial charge is 0.309 e. The maximum absolute atomic E-state index is 11.8. The van der Waals surface area contributed by atoms with Gasteiger partial charge >= 0.3 is 5.97 Å². The van der Waals surface area contributed by atoms with Gasteiger partial charge < -0.3 is 4.74 Å². The zero-order valence-electron chi connectivity index (χ0n) is 9.99. The van der Waals surface area contributed by atoms with E-state index in [9.17, 15) is 4.79 Å². The minimum Gasteiger partial charge on any atom is -0.459 e. The maximum Gasteiger partial charge on any atom is 0.309 e. The lowest BCUT2D eigenvalue weighted by Crippen LogP contribution is -2.20. The molecule has 0 bridgehead atoms. The van der Waals surface area contributed by atoms with Crippen molar-refractivity contribution in [1.82, 2.24) is 4.98 Å². The molecule has 18 heavy (non-hydrogen) atoms. The third-order valence-corrected chi connectivity index (χ3v) is 3.73. The van der Waals surface area contributed by atoms with Gasteiger partial charge in [0.25, 0.3) is 0 Å². The molecule has 0 spiro atoms. The molecular formula is C13H15Cl2NO2. The van der Waals surface area contributed by atoms with E-state index in [-0.39, 0.29) is 18.5 Å². The normalized spacial score (nSPS) is 16.6. The summed E-state index contributed by atoms with van der Waals surface area (Å²) < 4.78 is 5.26. The third kappa shape index (κ3) is 3.59. The summed E-state index contributed by atoms with van der Waals surface area (Å²) in [4.78, 5) is 15.9. The van der Waals surface area contributed by atoms with E-state index in [1.54, 1.807) is 12.1 Å². The molecule has 1 fully saturated rings. The summed E-state index contributed by atoms with van der Waals surface area (Å²) in [6, 6.07) is 3.26. The molecule has 3 nitrogen and oxygen atoms in total. The van der Waals surface area contributed by atoms with Crippen LogP contribution in [-0.2, 0) is 16.1 Å². The topological polar surface area (TPSA) is 39.2 Å². The molecule has 0 unspecified atom stereocenters. The van der Waals surface area contributed by atoms with Gasteiger partial charge in [-0.3, -0.25) is 4.79 Å². The van der Waals surface area contributed by atoms with E-state index in [0.29, 0.717) is 15.9 Å². The summed E-state index contributed by atoms with van der Waals surface area (Å²) in [5.41, 5.74) is 0.508. The second kappa shape index (κ2) is 6.39. The van der Waals surface area contributed by atoms with Crippen molar-refractivity contribution in [3.8, 4) is 0 Å². The first-order chi connectivity index (χ1) is 8.66. The standard InChI is InChI=1S/C13H15Cl2NO2/c14-10-6-7-12(15)16-11(10)8-18-13(17)9-4-2-1-3-5-9/h6-7,9H,1-5,8H2. The van der Waals surface area contributed by atoms with Crippen LogP contribution in [0.15, 0.2) is 12.1 Å². The fraction of sp³-hybridized carbons (Fsp3) is 0.538. The summed E-state index contributed by atoms with van der Waals surface area (Å²) >= 11 is 11.7. The number of ether oxygens (including phenoxy) is 1. The van der Waals surface area contributed by atoms with Crippen LogP contribution in [0.1, 0.15) is 37.8 Å². The van der Waals surface area contributed by atoms with Crippen LogP contribution < -0.4 is 0 Å². The number of carbonyl (C=O) groups excluding carboxylic acids is 1. The molecule has 1 saturated carbocycles. The number of esters is 1. The molecule has 0 aromatic carbocycles. The van der Waals surface area contributed by atoms with Gasteiger partial charge in [-0.1, -0.05) is 42.5 Å². The van der Waals surface area contributed by atoms with Gasteiger partial charge in [-0.2, -0.15) is 0 Å². The fourth-order valence-electron chi connectivity index (χ4n) is 2.15. The van der Waals surface area contributed by atoms with Crippen molar-refractivity contribution < 1.29 is 9.53 Å². The Morgan fingerprint density at radius 2 is 2.00 bits per heavy atom. The highest BCUT2D eigenvalue weighted by atomic mass is 35.5. The summed E-state index contributed by atoms with van der Waals surface area (Å²) in [6.07, 6.45) is 5.28. The largest absolute Gasteiger partial charge is 0.459 e. The molecule has 1 aromatic rings. The van der Waals surface area contributed by atoms with E-state index in [1.165, 1.54) is 6.42 Å². The van der Waals surface area contributed by atoms with Gasteiger partial charge in [0, 0.05) is 0 Å². The molecule has 0 amide bonds. The summed E-state index contributed by atoms with van der Waals surface area (Å²) in [5, 5.41) is 0.818. The average molecular weight is 288 g/mol. The molecule has 1 heterocycles. The van der Waals surface area contributed by atoms with Crippen LogP contribution in [0.25, 0.3) is 0 Å². The Kier molecular flexibility index (Phi) is 4.84. The van der Waals surface area contributed by atoms with Crippen molar-refractivity contribution >= 4 is 29.2 Å². The third-order valence-electron chi connectivity index (χ3n) is 3.17. The first-order valence-corrected chi connectivity index (χ1v) is 6.90. The highest BCUT2D eigenvalue weighted by molar-refractivity contribution is 6.32. The number of hydrogen-bond acceptors (Lipinski definition) is 3. The van der Waals surface area contributed by atoms with E-state index in [2.05, 4.69) is 4.98 Å². The minimum atomic E-state index is -0.146. The Labute approximate surface area is 116 Å². The van der Waals surface area contributed by atoms with Gasteiger partial charge in [0.2, 0.25) is 0 Å². The Morgan fingerprint density at radius 1 is 1.28 bits per heavy atom. The Bertz CT molecular complexity index is 431. The average Bonchev–Trinajstić information content (AvgIpc) is 2.40. The van der Waals surface area contributed by atoms with Gasteiger partial charge in [-0.15, -0.1) is 0 Å². The quantitative estimate of drug-likeness (QED) is 0.623. The predicted molar refractivity (Wildman–Crippen MR) is 70.6 cm³/mol. The van der Waals surface area contributed by atoms with Crippen molar-refractivity contribution in [3.05, 3.63) is 28.0 Å². The lowest BCUT2D eigenvalue weighted by Gasteiger charge is -2.19. The summed E-state index contributed by atoms with van der Waals surface area (Å²) in [6.45, 7) is 0.0920. The molecule has 1 aliphatic rings. The summed E-state index contributed by atoms with van der Waals surface area (Å²) in [5.74, 6) is -0.107. The second-order valence-corrected chi connectivity index (χ2v) is 5.30. The van der Waals surface area contributed by atoms with E-state index in [0.717, 1.165) is 25.7 Å². The molecule has 0 N–H and O–H groups in total. The zero-order valence-corrected chi connectivity index (χ0v) is 11.5. The molecule has 0 aliphatic heterocycles. The molecule has 1 aromatic heterocycles. The van der Waals surface area contributed by atoms with Gasteiger partial charge in [0.1, 0.15) is 11.8 Å². The monoisotopic (exact) mass is 287 g/mol. The van der Waals surface area contributed by atoms with Gasteiger partial charge in [0.15, 0.2) is 0 Å². The summed E-state index contributed by atoms with van der Waals surface area (Å²) in [7, 11) is 0. The van der Waals surface area contributed by atoms with Gasteiger partial charge in [0.05, 0.1) is 16.6 Å². The first kappa shape index (κ1) is 13.6. The highest BCUT2D eigenvalue weighted by Gasteiger charge is 2.22. The van der Waals surface area contributed by atoms with Crippen LogP contribution in [0.2, 0.25) is 10.2 Å². The molecule has 5 heteroatoms. The Balaban J connectivity index is 1.90. The zero-order chi connectivity index (χ0) is 13.0. The number of pyridine rings is 1.